The van der Waals surface area contributed by atoms with Crippen LogP contribution in [0.1, 0.15) is 36.0 Å². The topological polar surface area (TPSA) is 93.3 Å². The van der Waals surface area contributed by atoms with Crippen molar-refractivity contribution in [2.45, 2.75) is 30.2 Å². The average molecular weight is 456 g/mol. The molecule has 1 aliphatic heterocycles. The van der Waals surface area contributed by atoms with E-state index < -0.39 is 5.92 Å². The number of para-hydroxylation sites is 1. The van der Waals surface area contributed by atoms with Crippen LogP contribution in [0.3, 0.4) is 0 Å². The minimum atomic E-state index is -0.544. The van der Waals surface area contributed by atoms with E-state index in [1.54, 1.807) is 30.3 Å². The standard InChI is InChI=1S/C23H22FN3O4S/c1-3-31-20-14(8-6-10-17(20)30-2)15-11-18(28)25-21-19(15)22(29)27-23(26-21)32-12-13-7-4-5-9-16(13)24/h4-10,15H,3,11-12H2,1-2H3,(H2,25,26,27,28,29)/t15-/m0/s1. The highest BCUT2D eigenvalue weighted by Gasteiger charge is 2.33. The molecule has 0 spiro atoms. The molecule has 1 amide bonds. The van der Waals surface area contributed by atoms with Crippen LogP contribution >= 0.6 is 11.8 Å². The van der Waals surface area contributed by atoms with E-state index in [4.69, 9.17) is 9.47 Å². The Morgan fingerprint density at radius 2 is 2.00 bits per heavy atom. The fourth-order valence-electron chi connectivity index (χ4n) is 3.71. The molecule has 2 aromatic carbocycles. The van der Waals surface area contributed by atoms with Gasteiger partial charge in [-0.05, 0) is 24.6 Å². The van der Waals surface area contributed by atoms with E-state index in [-0.39, 0.29) is 35.3 Å². The van der Waals surface area contributed by atoms with Crippen LogP contribution in [0.2, 0.25) is 0 Å². The Morgan fingerprint density at radius 3 is 2.75 bits per heavy atom. The van der Waals surface area contributed by atoms with Gasteiger partial charge < -0.3 is 19.8 Å². The number of thioether (sulfide) groups is 1. The van der Waals surface area contributed by atoms with Crippen molar-refractivity contribution in [1.82, 2.24) is 9.97 Å². The summed E-state index contributed by atoms with van der Waals surface area (Å²) in [4.78, 5) is 32.8. The average Bonchev–Trinajstić information content (AvgIpc) is 2.78. The Labute approximate surface area is 188 Å². The minimum absolute atomic E-state index is 0.0761. The van der Waals surface area contributed by atoms with E-state index in [0.717, 1.165) is 0 Å². The van der Waals surface area contributed by atoms with Crippen LogP contribution < -0.4 is 20.3 Å². The number of nitrogens with one attached hydrogen (secondary N) is 2. The summed E-state index contributed by atoms with van der Waals surface area (Å²) in [6.45, 7) is 2.25. The smallest absolute Gasteiger partial charge is 0.257 e. The van der Waals surface area contributed by atoms with Crippen LogP contribution in [-0.2, 0) is 10.5 Å². The number of amides is 1. The number of methoxy groups -OCH3 is 1. The number of aromatic nitrogens is 2. The van der Waals surface area contributed by atoms with Crippen molar-refractivity contribution < 1.29 is 18.7 Å². The summed E-state index contributed by atoms with van der Waals surface area (Å²) in [5.74, 6) is 0.398. The van der Waals surface area contributed by atoms with E-state index in [2.05, 4.69) is 15.3 Å². The highest BCUT2D eigenvalue weighted by molar-refractivity contribution is 7.98. The second-order valence-electron chi connectivity index (χ2n) is 7.13. The van der Waals surface area contributed by atoms with E-state index in [1.807, 2.05) is 13.0 Å². The van der Waals surface area contributed by atoms with Gasteiger partial charge >= 0.3 is 0 Å². The van der Waals surface area contributed by atoms with Gasteiger partial charge in [-0.1, -0.05) is 42.1 Å². The van der Waals surface area contributed by atoms with Crippen molar-refractivity contribution in [3.8, 4) is 11.5 Å². The van der Waals surface area contributed by atoms with E-state index >= 15 is 0 Å². The number of H-pyrrole nitrogens is 1. The predicted octanol–water partition coefficient (Wildman–Crippen LogP) is 4.08. The number of nitrogens with zero attached hydrogens (tertiary/aromatic N) is 1. The highest BCUT2D eigenvalue weighted by atomic mass is 32.2. The second-order valence-corrected chi connectivity index (χ2v) is 8.09. The Balaban J connectivity index is 1.72. The van der Waals surface area contributed by atoms with Gasteiger partial charge in [-0.15, -0.1) is 0 Å². The molecule has 0 radical (unpaired) electrons. The van der Waals surface area contributed by atoms with E-state index in [1.165, 1.54) is 24.9 Å². The summed E-state index contributed by atoms with van der Waals surface area (Å²) < 4.78 is 25.1. The highest BCUT2D eigenvalue weighted by Crippen LogP contribution is 2.42. The van der Waals surface area contributed by atoms with Crippen molar-refractivity contribution in [2.24, 2.45) is 0 Å². The molecular formula is C23H22FN3O4S. The second kappa shape index (κ2) is 9.44. The molecule has 9 heteroatoms. The number of aromatic amines is 1. The number of carbonyl (C=O) groups excluding carboxylic acids is 1. The monoisotopic (exact) mass is 455 g/mol. The number of fused-ring (bicyclic) bond motifs is 1. The maximum absolute atomic E-state index is 13.9. The molecule has 166 valence electrons. The molecule has 0 aliphatic carbocycles. The number of hydrogen-bond acceptors (Lipinski definition) is 6. The lowest BCUT2D eigenvalue weighted by Gasteiger charge is -2.26. The van der Waals surface area contributed by atoms with Crippen LogP contribution in [0.25, 0.3) is 0 Å². The number of rotatable bonds is 7. The zero-order chi connectivity index (χ0) is 22.7. The third kappa shape index (κ3) is 4.34. The molecule has 2 N–H and O–H groups in total. The molecule has 4 rings (SSSR count). The summed E-state index contributed by atoms with van der Waals surface area (Å²) in [5, 5.41) is 3.00. The first-order valence-corrected chi connectivity index (χ1v) is 11.1. The van der Waals surface area contributed by atoms with Gasteiger partial charge in [0.25, 0.3) is 5.56 Å². The molecule has 1 atom stereocenters. The molecular weight excluding hydrogens is 433 g/mol. The van der Waals surface area contributed by atoms with Crippen molar-refractivity contribution in [3.05, 3.63) is 75.3 Å². The van der Waals surface area contributed by atoms with Crippen molar-refractivity contribution in [3.63, 3.8) is 0 Å². The molecule has 2 heterocycles. The third-order valence-corrected chi connectivity index (χ3v) is 6.07. The molecule has 32 heavy (non-hydrogen) atoms. The number of anilines is 1. The fraction of sp³-hybridized carbons (Fsp3) is 0.261. The number of benzene rings is 2. The first-order valence-electron chi connectivity index (χ1n) is 10.1. The summed E-state index contributed by atoms with van der Waals surface area (Å²) in [6, 6.07) is 11.8. The summed E-state index contributed by atoms with van der Waals surface area (Å²) in [6.07, 6.45) is 0.0761. The van der Waals surface area contributed by atoms with E-state index in [0.29, 0.717) is 40.0 Å². The molecule has 1 aromatic heterocycles. The maximum Gasteiger partial charge on any atom is 0.257 e. The van der Waals surface area contributed by atoms with Gasteiger partial charge in [-0.25, -0.2) is 9.37 Å². The third-order valence-electron chi connectivity index (χ3n) is 5.14. The molecule has 0 saturated carbocycles. The zero-order valence-electron chi connectivity index (χ0n) is 17.6. The Morgan fingerprint density at radius 1 is 1.19 bits per heavy atom. The normalized spacial score (nSPS) is 15.1. The molecule has 0 unspecified atom stereocenters. The zero-order valence-corrected chi connectivity index (χ0v) is 18.4. The quantitative estimate of drug-likeness (QED) is 0.412. The Kier molecular flexibility index (Phi) is 6.45. The molecule has 3 aromatic rings. The van der Waals surface area contributed by atoms with Crippen molar-refractivity contribution in [2.75, 3.05) is 19.0 Å². The van der Waals surface area contributed by atoms with E-state index in [9.17, 15) is 14.0 Å². The predicted molar refractivity (Wildman–Crippen MR) is 120 cm³/mol. The van der Waals surface area contributed by atoms with Gasteiger partial charge in [0.05, 0.1) is 19.3 Å². The van der Waals surface area contributed by atoms with Gasteiger partial charge in [0.15, 0.2) is 16.7 Å². The lowest BCUT2D eigenvalue weighted by atomic mass is 9.86. The van der Waals surface area contributed by atoms with Crippen LogP contribution in [0.4, 0.5) is 10.2 Å². The molecule has 0 fully saturated rings. The van der Waals surface area contributed by atoms with Gasteiger partial charge in [0, 0.05) is 23.7 Å². The molecule has 0 saturated heterocycles. The summed E-state index contributed by atoms with van der Waals surface area (Å²) in [5.41, 5.74) is 1.18. The first-order chi connectivity index (χ1) is 15.5. The summed E-state index contributed by atoms with van der Waals surface area (Å²) in [7, 11) is 1.54. The minimum Gasteiger partial charge on any atom is -0.493 e. The van der Waals surface area contributed by atoms with Gasteiger partial charge in [0.1, 0.15) is 11.6 Å². The number of halogens is 1. The van der Waals surface area contributed by atoms with Crippen molar-refractivity contribution in [1.29, 1.82) is 0 Å². The lowest BCUT2D eigenvalue weighted by molar-refractivity contribution is -0.116. The Hall–Kier alpha value is -3.33. The SMILES string of the molecule is CCOc1c(OC)cccc1[C@@H]1CC(=O)Nc2nc(SCc3ccccc3F)[nH]c(=O)c21. The van der Waals surface area contributed by atoms with Gasteiger partial charge in [-0.2, -0.15) is 0 Å². The largest absolute Gasteiger partial charge is 0.493 e. The van der Waals surface area contributed by atoms with Crippen molar-refractivity contribution >= 4 is 23.5 Å². The number of ether oxygens (including phenoxy) is 2. The van der Waals surface area contributed by atoms with Crippen LogP contribution in [0.15, 0.2) is 52.4 Å². The summed E-state index contributed by atoms with van der Waals surface area (Å²) >= 11 is 1.19. The maximum atomic E-state index is 13.9. The van der Waals surface area contributed by atoms with Gasteiger partial charge in [-0.3, -0.25) is 9.59 Å². The number of carbonyl (C=O) groups is 1. The fourth-order valence-corrected chi connectivity index (χ4v) is 4.56. The van der Waals surface area contributed by atoms with Crippen LogP contribution in [0, 0.1) is 5.82 Å². The first kappa shape index (κ1) is 21.9. The molecule has 1 aliphatic rings. The van der Waals surface area contributed by atoms with Gasteiger partial charge in [0.2, 0.25) is 5.91 Å². The Bertz CT molecular complexity index is 1210. The van der Waals surface area contributed by atoms with Crippen LogP contribution in [-0.4, -0.2) is 29.6 Å². The lowest BCUT2D eigenvalue weighted by Crippen LogP contribution is -2.31. The molecule has 0 bridgehead atoms. The molecule has 7 nitrogen and oxygen atoms in total. The number of hydrogen-bond donors (Lipinski definition) is 2. The van der Waals surface area contributed by atoms with Crippen LogP contribution in [0.5, 0.6) is 11.5 Å².